The van der Waals surface area contributed by atoms with E-state index < -0.39 is 0 Å². The van der Waals surface area contributed by atoms with Crippen LogP contribution in [0.25, 0.3) is 0 Å². The molecule has 0 radical (unpaired) electrons. The Hall–Kier alpha value is -0.390. The fraction of sp³-hybridized carbons (Fsp3) is 0.231. The highest BCUT2D eigenvalue weighted by molar-refractivity contribution is 9.10. The highest BCUT2D eigenvalue weighted by Crippen LogP contribution is 2.26. The summed E-state index contributed by atoms with van der Waals surface area (Å²) in [5.41, 5.74) is 6.93. The van der Waals surface area contributed by atoms with E-state index in [-0.39, 0.29) is 6.04 Å². The Bertz CT molecular complexity index is 502. The summed E-state index contributed by atoms with van der Waals surface area (Å²) in [7, 11) is 0. The number of thiophene rings is 1. The normalized spacial score (nSPS) is 12.6. The van der Waals surface area contributed by atoms with E-state index in [9.17, 15) is 0 Å². The van der Waals surface area contributed by atoms with Crippen molar-refractivity contribution in [1.82, 2.24) is 5.32 Å². The predicted octanol–water partition coefficient (Wildman–Crippen LogP) is 3.95. The summed E-state index contributed by atoms with van der Waals surface area (Å²) in [6, 6.07) is 10.2. The molecule has 0 spiro atoms. The van der Waals surface area contributed by atoms with Crippen molar-refractivity contribution >= 4 is 38.9 Å². The van der Waals surface area contributed by atoms with Gasteiger partial charge in [-0.1, -0.05) is 23.7 Å². The second kappa shape index (κ2) is 6.68. The summed E-state index contributed by atoms with van der Waals surface area (Å²) >= 11 is 11.2. The fourth-order valence-corrected chi connectivity index (χ4v) is 2.79. The lowest BCUT2D eigenvalue weighted by molar-refractivity contribution is 0.545. The molecule has 2 aromatic rings. The lowest BCUT2D eigenvalue weighted by atomic mass is 10.1. The van der Waals surface area contributed by atoms with Crippen LogP contribution in [0, 0.1) is 0 Å². The third-order valence-corrected chi connectivity index (χ3v) is 4.79. The van der Waals surface area contributed by atoms with Gasteiger partial charge in [0.15, 0.2) is 0 Å². The Morgan fingerprint density at radius 2 is 2.22 bits per heavy atom. The first-order chi connectivity index (χ1) is 8.70. The molecule has 96 valence electrons. The van der Waals surface area contributed by atoms with Gasteiger partial charge in [-0.2, -0.15) is 0 Å². The third kappa shape index (κ3) is 3.56. The van der Waals surface area contributed by atoms with Gasteiger partial charge in [-0.3, -0.25) is 0 Å². The topological polar surface area (TPSA) is 38.0 Å². The molecule has 0 fully saturated rings. The second-order valence-corrected chi connectivity index (χ2v) is 6.22. The largest absolute Gasteiger partial charge is 0.329 e. The number of hydrogen-bond acceptors (Lipinski definition) is 3. The van der Waals surface area contributed by atoms with E-state index in [4.69, 9.17) is 17.3 Å². The Morgan fingerprint density at radius 1 is 1.39 bits per heavy atom. The van der Waals surface area contributed by atoms with Crippen LogP contribution in [-0.2, 0) is 6.54 Å². The third-order valence-electron chi connectivity index (χ3n) is 2.68. The average molecular weight is 346 g/mol. The van der Waals surface area contributed by atoms with E-state index in [1.807, 2.05) is 18.2 Å². The molecule has 18 heavy (non-hydrogen) atoms. The van der Waals surface area contributed by atoms with Gasteiger partial charge in [0.25, 0.3) is 0 Å². The predicted molar refractivity (Wildman–Crippen MR) is 82.1 cm³/mol. The lowest BCUT2D eigenvalue weighted by Crippen LogP contribution is -2.27. The molecule has 0 saturated heterocycles. The van der Waals surface area contributed by atoms with Gasteiger partial charge in [0, 0.05) is 28.5 Å². The molecule has 2 rings (SSSR count). The van der Waals surface area contributed by atoms with Gasteiger partial charge in [-0.05, 0) is 45.1 Å². The SMILES string of the molecule is NCC(NCc1cccs1)c1ccc(Br)c(Cl)c1. The standard InChI is InChI=1S/C13H14BrClN2S/c14-11-4-3-9(6-12(11)15)13(7-16)17-8-10-2-1-5-18-10/h1-6,13,17H,7-8,16H2. The molecule has 2 nitrogen and oxygen atoms in total. The van der Waals surface area contributed by atoms with E-state index >= 15 is 0 Å². The average Bonchev–Trinajstić information content (AvgIpc) is 2.87. The van der Waals surface area contributed by atoms with Crippen molar-refractivity contribution in [2.24, 2.45) is 5.73 Å². The van der Waals surface area contributed by atoms with Gasteiger partial charge in [0.2, 0.25) is 0 Å². The van der Waals surface area contributed by atoms with Crippen LogP contribution in [0.2, 0.25) is 5.02 Å². The van der Waals surface area contributed by atoms with Crippen LogP contribution in [0.4, 0.5) is 0 Å². The van der Waals surface area contributed by atoms with Gasteiger partial charge in [-0.15, -0.1) is 11.3 Å². The lowest BCUT2D eigenvalue weighted by Gasteiger charge is -2.17. The van der Waals surface area contributed by atoms with Crippen molar-refractivity contribution in [3.05, 3.63) is 55.6 Å². The summed E-state index contributed by atoms with van der Waals surface area (Å²) in [5, 5.41) is 6.23. The highest BCUT2D eigenvalue weighted by atomic mass is 79.9. The molecule has 0 amide bonds. The van der Waals surface area contributed by atoms with Gasteiger partial charge in [-0.25, -0.2) is 0 Å². The second-order valence-electron chi connectivity index (χ2n) is 3.92. The molecular weight excluding hydrogens is 332 g/mol. The zero-order valence-corrected chi connectivity index (χ0v) is 12.9. The monoisotopic (exact) mass is 344 g/mol. The maximum Gasteiger partial charge on any atom is 0.0551 e. The Morgan fingerprint density at radius 3 is 2.83 bits per heavy atom. The van der Waals surface area contributed by atoms with E-state index in [0.717, 1.165) is 16.6 Å². The Kier molecular flexibility index (Phi) is 5.21. The first-order valence-electron chi connectivity index (χ1n) is 5.61. The quantitative estimate of drug-likeness (QED) is 0.861. The molecule has 0 saturated carbocycles. The first-order valence-corrected chi connectivity index (χ1v) is 7.66. The number of halogens is 2. The minimum atomic E-state index is 0.123. The van der Waals surface area contributed by atoms with Crippen LogP contribution in [-0.4, -0.2) is 6.54 Å². The molecule has 0 aliphatic heterocycles. The van der Waals surface area contributed by atoms with Gasteiger partial charge in [0.05, 0.1) is 5.02 Å². The van der Waals surface area contributed by atoms with Crippen LogP contribution in [0.3, 0.4) is 0 Å². The number of rotatable bonds is 5. The van der Waals surface area contributed by atoms with E-state index in [1.54, 1.807) is 11.3 Å². The molecule has 5 heteroatoms. The maximum absolute atomic E-state index is 6.10. The van der Waals surface area contributed by atoms with E-state index in [2.05, 4.69) is 38.8 Å². The van der Waals surface area contributed by atoms with Crippen molar-refractivity contribution in [1.29, 1.82) is 0 Å². The number of hydrogen-bond donors (Lipinski definition) is 2. The van der Waals surface area contributed by atoms with Gasteiger partial charge >= 0.3 is 0 Å². The van der Waals surface area contributed by atoms with Crippen molar-refractivity contribution in [3.63, 3.8) is 0 Å². The van der Waals surface area contributed by atoms with Crippen molar-refractivity contribution in [2.75, 3.05) is 6.54 Å². The Labute approximate surface area is 124 Å². The van der Waals surface area contributed by atoms with Crippen molar-refractivity contribution < 1.29 is 0 Å². The van der Waals surface area contributed by atoms with Crippen LogP contribution in [0.5, 0.6) is 0 Å². The van der Waals surface area contributed by atoms with Crippen LogP contribution in [0.15, 0.2) is 40.2 Å². The van der Waals surface area contributed by atoms with Gasteiger partial charge in [0.1, 0.15) is 0 Å². The van der Waals surface area contributed by atoms with Gasteiger partial charge < -0.3 is 11.1 Å². The van der Waals surface area contributed by atoms with Crippen molar-refractivity contribution in [3.8, 4) is 0 Å². The number of benzene rings is 1. The van der Waals surface area contributed by atoms with Crippen LogP contribution < -0.4 is 11.1 Å². The van der Waals surface area contributed by atoms with Crippen LogP contribution >= 0.6 is 38.9 Å². The van der Waals surface area contributed by atoms with E-state index in [0.29, 0.717) is 11.6 Å². The highest BCUT2D eigenvalue weighted by Gasteiger charge is 2.10. The molecule has 0 aliphatic rings. The molecule has 1 unspecified atom stereocenters. The zero-order chi connectivity index (χ0) is 13.0. The fourth-order valence-electron chi connectivity index (χ4n) is 1.70. The molecule has 3 N–H and O–H groups in total. The maximum atomic E-state index is 6.10. The summed E-state index contributed by atoms with van der Waals surface area (Å²) in [5.74, 6) is 0. The first kappa shape index (κ1) is 14.0. The summed E-state index contributed by atoms with van der Waals surface area (Å²) in [6.45, 7) is 1.37. The Balaban J connectivity index is 2.05. The number of nitrogens with one attached hydrogen (secondary N) is 1. The summed E-state index contributed by atoms with van der Waals surface area (Å²) in [6.07, 6.45) is 0. The summed E-state index contributed by atoms with van der Waals surface area (Å²) in [4.78, 5) is 1.30. The number of nitrogens with two attached hydrogens (primary N) is 1. The van der Waals surface area contributed by atoms with Crippen molar-refractivity contribution in [2.45, 2.75) is 12.6 Å². The smallest absolute Gasteiger partial charge is 0.0551 e. The minimum Gasteiger partial charge on any atom is -0.329 e. The molecule has 1 atom stereocenters. The summed E-state index contributed by atoms with van der Waals surface area (Å²) < 4.78 is 0.905. The van der Waals surface area contributed by atoms with Crippen LogP contribution in [0.1, 0.15) is 16.5 Å². The minimum absolute atomic E-state index is 0.123. The molecular formula is C13H14BrClN2S. The molecule has 0 aliphatic carbocycles. The molecule has 1 aromatic heterocycles. The van der Waals surface area contributed by atoms with E-state index in [1.165, 1.54) is 4.88 Å². The zero-order valence-electron chi connectivity index (χ0n) is 9.70. The molecule has 1 aromatic carbocycles. The molecule has 0 bridgehead atoms. The molecule has 1 heterocycles.